The van der Waals surface area contributed by atoms with Crippen molar-refractivity contribution in [1.82, 2.24) is 0 Å². The minimum atomic E-state index is 0.322. The molecule has 0 aliphatic rings. The van der Waals surface area contributed by atoms with Crippen LogP contribution in [0.4, 0.5) is 0 Å². The quantitative estimate of drug-likeness (QED) is 0.181. The van der Waals surface area contributed by atoms with Gasteiger partial charge in [-0.15, -0.1) is 0 Å². The molecular weight excluding hydrogens is 460 g/mol. The van der Waals surface area contributed by atoms with Crippen molar-refractivity contribution in [2.24, 2.45) is 0 Å². The van der Waals surface area contributed by atoms with E-state index in [1.54, 1.807) is 78.9 Å². The molecular formula is C33H42O4. The van der Waals surface area contributed by atoms with Gasteiger partial charge in [-0.3, -0.25) is 0 Å². The Hall–Kier alpha value is -3.92. The molecule has 0 radical (unpaired) electrons. The minimum Gasteiger partial charge on any atom is -0.508 e. The van der Waals surface area contributed by atoms with E-state index in [1.807, 2.05) is 36.4 Å². The van der Waals surface area contributed by atoms with Crippen molar-refractivity contribution in [2.45, 2.75) is 58.3 Å². The van der Waals surface area contributed by atoms with E-state index in [1.165, 1.54) is 44.9 Å². The fourth-order valence-electron chi connectivity index (χ4n) is 3.28. The normalized spacial score (nSPS) is 9.43. The zero-order chi connectivity index (χ0) is 27.0. The first-order valence-corrected chi connectivity index (χ1v) is 13.0. The lowest BCUT2D eigenvalue weighted by Crippen LogP contribution is -1.87. The largest absolute Gasteiger partial charge is 0.508 e. The van der Waals surface area contributed by atoms with E-state index in [0.29, 0.717) is 23.0 Å². The molecule has 0 fully saturated rings. The van der Waals surface area contributed by atoms with Gasteiger partial charge in [-0.1, -0.05) is 118 Å². The summed E-state index contributed by atoms with van der Waals surface area (Å²) in [4.78, 5) is 0. The number of unbranched alkanes of at least 4 members (excludes halogenated alkanes) is 6. The fraction of sp³-hybridized carbons (Fsp3) is 0.273. The number of benzene rings is 4. The topological polar surface area (TPSA) is 80.9 Å². The Morgan fingerprint density at radius 3 is 1.11 bits per heavy atom. The molecule has 37 heavy (non-hydrogen) atoms. The molecule has 0 amide bonds. The second-order valence-electron chi connectivity index (χ2n) is 8.51. The molecule has 0 spiro atoms. The highest BCUT2D eigenvalue weighted by atomic mass is 16.3. The summed E-state index contributed by atoms with van der Waals surface area (Å²) in [5, 5.41) is 35.5. The van der Waals surface area contributed by atoms with Crippen LogP contribution in [0.15, 0.2) is 115 Å². The second kappa shape index (κ2) is 21.4. The van der Waals surface area contributed by atoms with E-state index in [-0.39, 0.29) is 0 Å². The molecule has 0 unspecified atom stereocenters. The molecule has 4 nitrogen and oxygen atoms in total. The van der Waals surface area contributed by atoms with E-state index in [2.05, 4.69) is 6.92 Å². The molecule has 4 aromatic carbocycles. The number of phenols is 4. The molecule has 198 valence electrons. The third-order valence-corrected chi connectivity index (χ3v) is 5.31. The molecule has 4 heteroatoms. The van der Waals surface area contributed by atoms with Gasteiger partial charge in [0.15, 0.2) is 0 Å². The van der Waals surface area contributed by atoms with Crippen LogP contribution in [0.2, 0.25) is 0 Å². The lowest BCUT2D eigenvalue weighted by Gasteiger charge is -2.04. The molecule has 4 aromatic rings. The van der Waals surface area contributed by atoms with Crippen LogP contribution in [0, 0.1) is 0 Å². The van der Waals surface area contributed by atoms with Gasteiger partial charge < -0.3 is 20.4 Å². The lowest BCUT2D eigenvalue weighted by atomic mass is 10.0. The van der Waals surface area contributed by atoms with E-state index >= 15 is 0 Å². The summed E-state index contributed by atoms with van der Waals surface area (Å²) in [6, 6.07) is 33.8. The number of para-hydroxylation sites is 4. The Morgan fingerprint density at radius 2 is 0.757 bits per heavy atom. The minimum absolute atomic E-state index is 0.322. The van der Waals surface area contributed by atoms with Crippen LogP contribution < -0.4 is 0 Å². The summed E-state index contributed by atoms with van der Waals surface area (Å²) >= 11 is 0. The Labute approximate surface area is 222 Å². The summed E-state index contributed by atoms with van der Waals surface area (Å²) in [6.07, 6.45) is 10.3. The number of hydrogen-bond donors (Lipinski definition) is 4. The monoisotopic (exact) mass is 502 g/mol. The molecule has 4 rings (SSSR count). The maximum atomic E-state index is 9.58. The van der Waals surface area contributed by atoms with Crippen LogP contribution >= 0.6 is 0 Å². The SMILES string of the molecule is CCCCCCCCCc1ccccc1O.Oc1ccccc1.Oc1ccccc1.Oc1ccccc1. The average molecular weight is 503 g/mol. The van der Waals surface area contributed by atoms with Crippen LogP contribution in [0.3, 0.4) is 0 Å². The molecule has 0 saturated carbocycles. The fourth-order valence-corrected chi connectivity index (χ4v) is 3.28. The first-order chi connectivity index (χ1) is 18.0. The van der Waals surface area contributed by atoms with Crippen molar-refractivity contribution in [3.63, 3.8) is 0 Å². The van der Waals surface area contributed by atoms with E-state index < -0.39 is 0 Å². The van der Waals surface area contributed by atoms with Gasteiger partial charge in [0.25, 0.3) is 0 Å². The first-order valence-electron chi connectivity index (χ1n) is 13.0. The molecule has 0 aromatic heterocycles. The van der Waals surface area contributed by atoms with Crippen molar-refractivity contribution < 1.29 is 20.4 Å². The molecule has 0 bridgehead atoms. The average Bonchev–Trinajstić information content (AvgIpc) is 2.92. The number of hydrogen-bond acceptors (Lipinski definition) is 4. The van der Waals surface area contributed by atoms with Crippen LogP contribution in [0.5, 0.6) is 23.0 Å². The molecule has 0 saturated heterocycles. The zero-order valence-electron chi connectivity index (χ0n) is 21.9. The van der Waals surface area contributed by atoms with Crippen molar-refractivity contribution >= 4 is 0 Å². The second-order valence-corrected chi connectivity index (χ2v) is 8.51. The standard InChI is InChI=1S/C15H24O.3C6H6O/c1-2-3-4-5-6-7-8-11-14-12-9-10-13-15(14)16;3*7-6-4-2-1-3-5-6/h9-10,12-13,16H,2-8,11H2,1H3;3*1-5,7H. The van der Waals surface area contributed by atoms with Crippen LogP contribution in [0.1, 0.15) is 57.4 Å². The number of aromatic hydroxyl groups is 4. The van der Waals surface area contributed by atoms with Gasteiger partial charge in [-0.05, 0) is 60.9 Å². The van der Waals surface area contributed by atoms with Crippen LogP contribution in [-0.2, 0) is 6.42 Å². The highest BCUT2D eigenvalue weighted by Gasteiger charge is 1.98. The van der Waals surface area contributed by atoms with Gasteiger partial charge in [0.05, 0.1) is 0 Å². The maximum absolute atomic E-state index is 9.58. The maximum Gasteiger partial charge on any atom is 0.118 e. The molecule has 0 atom stereocenters. The molecule has 0 heterocycles. The van der Waals surface area contributed by atoms with Crippen molar-refractivity contribution in [2.75, 3.05) is 0 Å². The van der Waals surface area contributed by atoms with Crippen LogP contribution in [0.25, 0.3) is 0 Å². The van der Waals surface area contributed by atoms with Crippen molar-refractivity contribution in [3.05, 3.63) is 121 Å². The number of phenolic OH excluding ortho intramolecular Hbond substituents is 4. The molecule has 4 N–H and O–H groups in total. The van der Waals surface area contributed by atoms with E-state index in [4.69, 9.17) is 15.3 Å². The van der Waals surface area contributed by atoms with Gasteiger partial charge in [0, 0.05) is 0 Å². The third-order valence-electron chi connectivity index (χ3n) is 5.31. The Morgan fingerprint density at radius 1 is 0.405 bits per heavy atom. The molecule has 0 aliphatic heterocycles. The smallest absolute Gasteiger partial charge is 0.118 e. The predicted molar refractivity (Wildman–Crippen MR) is 154 cm³/mol. The summed E-state index contributed by atoms with van der Waals surface area (Å²) < 4.78 is 0. The lowest BCUT2D eigenvalue weighted by molar-refractivity contribution is 0.466. The number of aryl methyl sites for hydroxylation is 1. The highest BCUT2D eigenvalue weighted by molar-refractivity contribution is 5.31. The van der Waals surface area contributed by atoms with Crippen LogP contribution in [-0.4, -0.2) is 20.4 Å². The van der Waals surface area contributed by atoms with E-state index in [0.717, 1.165) is 12.0 Å². The zero-order valence-corrected chi connectivity index (χ0v) is 21.9. The van der Waals surface area contributed by atoms with Gasteiger partial charge >= 0.3 is 0 Å². The van der Waals surface area contributed by atoms with Gasteiger partial charge in [-0.2, -0.15) is 0 Å². The first kappa shape index (κ1) is 31.1. The van der Waals surface area contributed by atoms with E-state index in [9.17, 15) is 5.11 Å². The van der Waals surface area contributed by atoms with Crippen molar-refractivity contribution in [1.29, 1.82) is 0 Å². The Bertz CT molecular complexity index is 932. The third kappa shape index (κ3) is 18.1. The van der Waals surface area contributed by atoms with Crippen molar-refractivity contribution in [3.8, 4) is 23.0 Å². The summed E-state index contributed by atoms with van der Waals surface area (Å²) in [6.45, 7) is 2.25. The Kier molecular flexibility index (Phi) is 18.0. The Balaban J connectivity index is 0.000000270. The van der Waals surface area contributed by atoms with Gasteiger partial charge in [-0.25, -0.2) is 0 Å². The summed E-state index contributed by atoms with van der Waals surface area (Å²) in [7, 11) is 0. The predicted octanol–water partition coefficient (Wildman–Crippen LogP) is 8.86. The number of rotatable bonds is 8. The summed E-state index contributed by atoms with van der Waals surface area (Å²) in [5.41, 5.74) is 1.09. The molecule has 0 aliphatic carbocycles. The summed E-state index contributed by atoms with van der Waals surface area (Å²) in [5.74, 6) is 1.42. The van der Waals surface area contributed by atoms with Gasteiger partial charge in [0.2, 0.25) is 0 Å². The highest BCUT2D eigenvalue weighted by Crippen LogP contribution is 2.18. The van der Waals surface area contributed by atoms with Gasteiger partial charge in [0.1, 0.15) is 23.0 Å².